The fourth-order valence-corrected chi connectivity index (χ4v) is 8.98. The average molecular weight is 415 g/mol. The molecule has 0 spiro atoms. The molecule has 0 bridgehead atoms. The van der Waals surface area contributed by atoms with Crippen molar-refractivity contribution in [2.24, 2.45) is 39.9 Å². The first-order valence-electron chi connectivity index (χ1n) is 13.3. The molecule has 0 aromatic carbocycles. The summed E-state index contributed by atoms with van der Waals surface area (Å²) >= 11 is 0. The van der Waals surface area contributed by atoms with E-state index < -0.39 is 0 Å². The molecule has 1 aliphatic heterocycles. The predicted molar refractivity (Wildman–Crippen MR) is 129 cm³/mol. The van der Waals surface area contributed by atoms with Crippen LogP contribution in [0.5, 0.6) is 0 Å². The molecule has 1 unspecified atom stereocenters. The average Bonchev–Trinajstić information content (AvgIpc) is 2.92. The number of hydrogen-bond donors (Lipinski definition) is 0. The van der Waals surface area contributed by atoms with Gasteiger partial charge in [-0.1, -0.05) is 79.7 Å². The van der Waals surface area contributed by atoms with Gasteiger partial charge in [0, 0.05) is 5.41 Å². The smallest absolute Gasteiger partial charge is 0.0923 e. The van der Waals surface area contributed by atoms with E-state index in [-0.39, 0.29) is 5.60 Å². The van der Waals surface area contributed by atoms with Crippen LogP contribution in [0.1, 0.15) is 120 Å². The van der Waals surface area contributed by atoms with E-state index in [0.29, 0.717) is 16.2 Å². The van der Waals surface area contributed by atoms with Crippen LogP contribution in [0.25, 0.3) is 0 Å². The normalized spacial score (nSPS) is 43.9. The van der Waals surface area contributed by atoms with Crippen LogP contribution >= 0.6 is 0 Å². The van der Waals surface area contributed by atoms with Crippen molar-refractivity contribution < 1.29 is 4.74 Å². The molecule has 1 nitrogen and oxygen atoms in total. The molecule has 172 valence electrons. The highest BCUT2D eigenvalue weighted by atomic mass is 16.5. The van der Waals surface area contributed by atoms with E-state index in [4.69, 9.17) is 4.74 Å². The molecule has 6 atom stereocenters. The number of allylic oxidation sites excluding steroid dienone is 1. The van der Waals surface area contributed by atoms with E-state index in [9.17, 15) is 0 Å². The summed E-state index contributed by atoms with van der Waals surface area (Å²) in [5, 5.41) is 0. The van der Waals surface area contributed by atoms with Crippen molar-refractivity contribution in [3.8, 4) is 0 Å². The Labute approximate surface area is 187 Å². The summed E-state index contributed by atoms with van der Waals surface area (Å²) in [6.45, 7) is 21.1. The van der Waals surface area contributed by atoms with Crippen LogP contribution in [0.2, 0.25) is 0 Å². The van der Waals surface area contributed by atoms with Gasteiger partial charge in [0.2, 0.25) is 0 Å². The van der Waals surface area contributed by atoms with E-state index in [0.717, 1.165) is 30.3 Å². The summed E-state index contributed by atoms with van der Waals surface area (Å²) in [7, 11) is 0. The molecule has 1 saturated carbocycles. The Morgan fingerprint density at radius 3 is 2.33 bits per heavy atom. The highest BCUT2D eigenvalue weighted by molar-refractivity contribution is 5.40. The van der Waals surface area contributed by atoms with Gasteiger partial charge in [-0.3, -0.25) is 0 Å². The zero-order chi connectivity index (χ0) is 21.9. The minimum atomic E-state index is -0.0207. The summed E-state index contributed by atoms with van der Waals surface area (Å²) in [6, 6.07) is 0. The minimum Gasteiger partial charge on any atom is -0.370 e. The maximum Gasteiger partial charge on any atom is 0.0923 e. The Morgan fingerprint density at radius 2 is 1.63 bits per heavy atom. The van der Waals surface area contributed by atoms with Gasteiger partial charge in [-0.05, 0) is 85.5 Å². The summed E-state index contributed by atoms with van der Waals surface area (Å²) < 4.78 is 6.90. The van der Waals surface area contributed by atoms with Gasteiger partial charge in [0.1, 0.15) is 0 Å². The first-order chi connectivity index (χ1) is 14.0. The Hall–Kier alpha value is -0.300. The third kappa shape index (κ3) is 3.27. The number of ether oxygens (including phenoxy) is 1. The lowest BCUT2D eigenvalue weighted by molar-refractivity contribution is -0.0550. The van der Waals surface area contributed by atoms with Gasteiger partial charge in [0.05, 0.1) is 12.2 Å². The SMILES string of the molecule is CC(C)CCC[C@@H](C)[C@H]1CO[C@@]2(C)C3=C(CC[C@]12C)[C@@]1(C)CCCC(C)(C)C1CC3. The van der Waals surface area contributed by atoms with Crippen molar-refractivity contribution in [1.82, 2.24) is 0 Å². The predicted octanol–water partition coefficient (Wildman–Crippen LogP) is 8.58. The van der Waals surface area contributed by atoms with Crippen LogP contribution in [-0.2, 0) is 4.74 Å². The second kappa shape index (κ2) is 7.64. The van der Waals surface area contributed by atoms with Crippen molar-refractivity contribution in [2.45, 2.75) is 125 Å². The monoisotopic (exact) mass is 414 g/mol. The highest BCUT2D eigenvalue weighted by Gasteiger charge is 2.63. The lowest BCUT2D eigenvalue weighted by atomic mass is 9.45. The second-order valence-corrected chi connectivity index (χ2v) is 13.5. The Bertz CT molecular complexity index is 686. The molecule has 1 saturated heterocycles. The molecule has 4 rings (SSSR count). The fraction of sp³-hybridized carbons (Fsp3) is 0.931. The van der Waals surface area contributed by atoms with Crippen LogP contribution in [0.3, 0.4) is 0 Å². The Kier molecular flexibility index (Phi) is 5.82. The summed E-state index contributed by atoms with van der Waals surface area (Å²) in [5.74, 6) is 3.18. The maximum absolute atomic E-state index is 6.90. The Morgan fingerprint density at radius 1 is 0.900 bits per heavy atom. The standard InChI is InChI=1S/C29H50O/c1-20(2)11-9-12-21(3)24-19-30-29(8)23-13-14-25-26(4,5)16-10-17-27(25,6)22(23)15-18-28(24,29)7/h20-21,24-25H,9-19H2,1-8H3/t21-,24-,25?,27-,28-,29+/m1/s1. The zero-order valence-corrected chi connectivity index (χ0v) is 21.5. The number of hydrogen-bond acceptors (Lipinski definition) is 1. The van der Waals surface area contributed by atoms with Crippen molar-refractivity contribution in [3.05, 3.63) is 11.1 Å². The summed E-state index contributed by atoms with van der Waals surface area (Å²) in [6.07, 6.45) is 13.7. The molecular weight excluding hydrogens is 364 g/mol. The molecule has 4 aliphatic rings. The topological polar surface area (TPSA) is 9.23 Å². The fourth-order valence-electron chi connectivity index (χ4n) is 8.98. The van der Waals surface area contributed by atoms with E-state index in [1.165, 1.54) is 64.2 Å². The van der Waals surface area contributed by atoms with Crippen LogP contribution in [0, 0.1) is 39.9 Å². The molecule has 0 amide bonds. The van der Waals surface area contributed by atoms with Crippen molar-refractivity contribution in [2.75, 3.05) is 6.61 Å². The molecule has 0 aromatic heterocycles. The minimum absolute atomic E-state index is 0.0207. The molecular formula is C29H50O. The summed E-state index contributed by atoms with van der Waals surface area (Å²) in [4.78, 5) is 0. The molecule has 1 heterocycles. The molecule has 30 heavy (non-hydrogen) atoms. The van der Waals surface area contributed by atoms with Gasteiger partial charge < -0.3 is 4.74 Å². The van der Waals surface area contributed by atoms with E-state index in [2.05, 4.69) is 55.4 Å². The zero-order valence-electron chi connectivity index (χ0n) is 21.5. The first-order valence-corrected chi connectivity index (χ1v) is 13.3. The third-order valence-corrected chi connectivity index (χ3v) is 11.0. The highest BCUT2D eigenvalue weighted by Crippen LogP contribution is 2.68. The quantitative estimate of drug-likeness (QED) is 0.409. The van der Waals surface area contributed by atoms with Crippen LogP contribution in [0.4, 0.5) is 0 Å². The van der Waals surface area contributed by atoms with Gasteiger partial charge in [0.15, 0.2) is 0 Å². The van der Waals surface area contributed by atoms with Crippen LogP contribution in [-0.4, -0.2) is 12.2 Å². The molecule has 2 fully saturated rings. The van der Waals surface area contributed by atoms with Crippen molar-refractivity contribution >= 4 is 0 Å². The molecule has 0 aromatic rings. The molecule has 3 aliphatic carbocycles. The van der Waals surface area contributed by atoms with E-state index in [1.54, 1.807) is 5.57 Å². The molecule has 0 N–H and O–H groups in total. The van der Waals surface area contributed by atoms with Gasteiger partial charge in [-0.15, -0.1) is 0 Å². The maximum atomic E-state index is 6.90. The van der Waals surface area contributed by atoms with E-state index >= 15 is 0 Å². The van der Waals surface area contributed by atoms with Gasteiger partial charge in [-0.2, -0.15) is 0 Å². The number of rotatable bonds is 5. The largest absolute Gasteiger partial charge is 0.370 e. The Balaban J connectivity index is 1.62. The van der Waals surface area contributed by atoms with E-state index in [1.807, 2.05) is 5.57 Å². The second-order valence-electron chi connectivity index (χ2n) is 13.5. The summed E-state index contributed by atoms with van der Waals surface area (Å²) in [5.41, 5.74) is 4.81. The third-order valence-electron chi connectivity index (χ3n) is 11.0. The molecule has 0 radical (unpaired) electrons. The first kappa shape index (κ1) is 22.9. The lowest BCUT2D eigenvalue weighted by Crippen LogP contribution is -2.54. The molecule has 1 heteroatoms. The lowest BCUT2D eigenvalue weighted by Gasteiger charge is -2.60. The van der Waals surface area contributed by atoms with Crippen molar-refractivity contribution in [3.63, 3.8) is 0 Å². The van der Waals surface area contributed by atoms with Gasteiger partial charge in [-0.25, -0.2) is 0 Å². The van der Waals surface area contributed by atoms with Gasteiger partial charge in [0.25, 0.3) is 0 Å². The van der Waals surface area contributed by atoms with Crippen molar-refractivity contribution in [1.29, 1.82) is 0 Å². The van der Waals surface area contributed by atoms with Crippen LogP contribution < -0.4 is 0 Å². The van der Waals surface area contributed by atoms with Gasteiger partial charge >= 0.3 is 0 Å². The van der Waals surface area contributed by atoms with Crippen LogP contribution in [0.15, 0.2) is 11.1 Å². The number of fused-ring (bicyclic) bond motifs is 4.